The second-order valence-electron chi connectivity index (χ2n) is 6.24. The number of carbonyl (C=O) groups is 1. The number of ether oxygens (including phenoxy) is 2. The van der Waals surface area contributed by atoms with Crippen LogP contribution in [-0.4, -0.2) is 70.4 Å². The van der Waals surface area contributed by atoms with Gasteiger partial charge in [0.05, 0.1) is 24.7 Å². The molecule has 156 valence electrons. The predicted octanol–water partition coefficient (Wildman–Crippen LogP) is 1.93. The molecular formula is C18H30N6O3S. The van der Waals surface area contributed by atoms with E-state index < -0.39 is 0 Å². The molecule has 0 aliphatic rings. The summed E-state index contributed by atoms with van der Waals surface area (Å²) in [7, 11) is 0. The molecule has 0 aliphatic heterocycles. The fourth-order valence-electron chi connectivity index (χ4n) is 2.43. The van der Waals surface area contributed by atoms with Crippen LogP contribution in [0, 0.1) is 0 Å². The molecule has 0 saturated carbocycles. The highest BCUT2D eigenvalue weighted by molar-refractivity contribution is 7.99. The van der Waals surface area contributed by atoms with Crippen molar-refractivity contribution in [2.75, 3.05) is 44.8 Å². The van der Waals surface area contributed by atoms with Crippen LogP contribution in [0.25, 0.3) is 11.0 Å². The highest BCUT2D eigenvalue weighted by Crippen LogP contribution is 2.26. The van der Waals surface area contributed by atoms with Gasteiger partial charge in [0.1, 0.15) is 12.4 Å². The minimum absolute atomic E-state index is 0.0710. The third-order valence-electron chi connectivity index (χ3n) is 3.64. The van der Waals surface area contributed by atoms with Gasteiger partial charge >= 0.3 is 0 Å². The number of thioether (sulfide) groups is 1. The molecule has 0 radical (unpaired) electrons. The van der Waals surface area contributed by atoms with Gasteiger partial charge in [-0.1, -0.05) is 25.6 Å². The number of amides is 1. The Morgan fingerprint density at radius 2 is 2.00 bits per heavy atom. The smallest absolute Gasteiger partial charge is 0.246 e. The van der Waals surface area contributed by atoms with Crippen molar-refractivity contribution < 1.29 is 14.3 Å². The van der Waals surface area contributed by atoms with Crippen molar-refractivity contribution in [1.29, 1.82) is 0 Å². The fourth-order valence-corrected chi connectivity index (χ4v) is 3.14. The van der Waals surface area contributed by atoms with Crippen molar-refractivity contribution in [2.45, 2.75) is 44.6 Å². The number of nitrogens with zero attached hydrogens (tertiary/aromatic N) is 4. The quantitative estimate of drug-likeness (QED) is 0.293. The van der Waals surface area contributed by atoms with Gasteiger partial charge in [-0.3, -0.25) is 4.79 Å². The van der Waals surface area contributed by atoms with Gasteiger partial charge in [0.15, 0.2) is 10.8 Å². The molecule has 2 heterocycles. The average molecular weight is 411 g/mol. The molecule has 1 amide bonds. The van der Waals surface area contributed by atoms with E-state index in [-0.39, 0.29) is 12.5 Å². The van der Waals surface area contributed by atoms with E-state index in [1.165, 1.54) is 0 Å². The van der Waals surface area contributed by atoms with Gasteiger partial charge in [0.2, 0.25) is 5.91 Å². The molecule has 10 heteroatoms. The number of anilines is 1. The van der Waals surface area contributed by atoms with Crippen LogP contribution in [0.4, 0.5) is 5.82 Å². The summed E-state index contributed by atoms with van der Waals surface area (Å²) >= 11 is 1.60. The second kappa shape index (κ2) is 11.8. The topological polar surface area (TPSA) is 103 Å². The first-order valence-corrected chi connectivity index (χ1v) is 10.5. The van der Waals surface area contributed by atoms with Crippen molar-refractivity contribution in [2.24, 2.45) is 0 Å². The number of fused-ring (bicyclic) bond motifs is 1. The highest BCUT2D eigenvalue weighted by Gasteiger charge is 2.14. The Morgan fingerprint density at radius 1 is 1.21 bits per heavy atom. The molecule has 0 aromatic carbocycles. The Morgan fingerprint density at radius 3 is 2.71 bits per heavy atom. The molecule has 28 heavy (non-hydrogen) atoms. The van der Waals surface area contributed by atoms with Crippen LogP contribution in [0.5, 0.6) is 0 Å². The minimum Gasteiger partial charge on any atom is -0.380 e. The lowest BCUT2D eigenvalue weighted by molar-refractivity contribution is -0.125. The lowest BCUT2D eigenvalue weighted by Gasteiger charge is -2.11. The zero-order chi connectivity index (χ0) is 20.4. The largest absolute Gasteiger partial charge is 0.380 e. The van der Waals surface area contributed by atoms with E-state index in [4.69, 9.17) is 9.47 Å². The highest BCUT2D eigenvalue weighted by atomic mass is 32.2. The Balaban J connectivity index is 2.12. The molecular weight excluding hydrogens is 380 g/mol. The molecule has 2 aromatic heterocycles. The third-order valence-corrected chi connectivity index (χ3v) is 4.51. The first kappa shape index (κ1) is 22.4. The Labute approximate surface area is 170 Å². The first-order chi connectivity index (χ1) is 13.5. The van der Waals surface area contributed by atoms with Crippen LogP contribution < -0.4 is 10.6 Å². The van der Waals surface area contributed by atoms with Crippen LogP contribution in [0.15, 0.2) is 11.4 Å². The Kier molecular flexibility index (Phi) is 9.45. The van der Waals surface area contributed by atoms with Crippen molar-refractivity contribution in [3.63, 3.8) is 0 Å². The van der Waals surface area contributed by atoms with Gasteiger partial charge < -0.3 is 20.1 Å². The van der Waals surface area contributed by atoms with Crippen molar-refractivity contribution in [3.05, 3.63) is 6.20 Å². The Hall–Kier alpha value is -1.91. The predicted molar refractivity (Wildman–Crippen MR) is 111 cm³/mol. The van der Waals surface area contributed by atoms with Crippen molar-refractivity contribution >= 4 is 34.5 Å². The first-order valence-electron chi connectivity index (χ1n) is 9.61. The molecule has 2 rings (SSSR count). The van der Waals surface area contributed by atoms with E-state index in [1.807, 2.05) is 13.8 Å². The molecule has 0 saturated heterocycles. The van der Waals surface area contributed by atoms with Crippen molar-refractivity contribution in [1.82, 2.24) is 25.1 Å². The maximum Gasteiger partial charge on any atom is 0.246 e. The molecule has 2 N–H and O–H groups in total. The zero-order valence-corrected chi connectivity index (χ0v) is 17.8. The Bertz CT molecular complexity index is 752. The summed E-state index contributed by atoms with van der Waals surface area (Å²) in [6.45, 7) is 11.5. The molecule has 9 nitrogen and oxygen atoms in total. The van der Waals surface area contributed by atoms with Crippen LogP contribution in [-0.2, 0) is 20.8 Å². The molecule has 0 atom stereocenters. The molecule has 0 spiro atoms. The van der Waals surface area contributed by atoms with Crippen LogP contribution in [0.1, 0.15) is 27.7 Å². The summed E-state index contributed by atoms with van der Waals surface area (Å²) in [6.07, 6.45) is 1.75. The minimum atomic E-state index is -0.137. The zero-order valence-electron chi connectivity index (χ0n) is 17.0. The lowest BCUT2D eigenvalue weighted by atomic mass is 10.4. The average Bonchev–Trinajstić information content (AvgIpc) is 3.06. The SMILES string of the molecule is CCOCCNc1nc(SC(C)C)nc2c1cnn2CCNC(=O)COCC. The summed E-state index contributed by atoms with van der Waals surface area (Å²) < 4.78 is 12.3. The number of hydrogen-bond donors (Lipinski definition) is 2. The van der Waals surface area contributed by atoms with Gasteiger partial charge in [0, 0.05) is 31.6 Å². The van der Waals surface area contributed by atoms with E-state index in [0.29, 0.717) is 49.9 Å². The molecule has 0 fully saturated rings. The fraction of sp³-hybridized carbons (Fsp3) is 0.667. The van der Waals surface area contributed by atoms with Crippen LogP contribution >= 0.6 is 11.8 Å². The molecule has 0 aliphatic carbocycles. The van der Waals surface area contributed by atoms with E-state index in [9.17, 15) is 4.79 Å². The van der Waals surface area contributed by atoms with E-state index in [1.54, 1.807) is 22.6 Å². The molecule has 2 aromatic rings. The van der Waals surface area contributed by atoms with Gasteiger partial charge in [-0.25, -0.2) is 14.6 Å². The normalized spacial score (nSPS) is 11.3. The number of aromatic nitrogens is 4. The van der Waals surface area contributed by atoms with E-state index in [0.717, 1.165) is 16.9 Å². The van der Waals surface area contributed by atoms with Crippen LogP contribution in [0.3, 0.4) is 0 Å². The molecule has 0 bridgehead atoms. The van der Waals surface area contributed by atoms with Gasteiger partial charge in [-0.05, 0) is 13.8 Å². The van der Waals surface area contributed by atoms with Gasteiger partial charge in [0.25, 0.3) is 0 Å². The van der Waals surface area contributed by atoms with Gasteiger partial charge in [-0.15, -0.1) is 0 Å². The number of hydrogen-bond acceptors (Lipinski definition) is 8. The number of nitrogens with one attached hydrogen (secondary N) is 2. The lowest BCUT2D eigenvalue weighted by Crippen LogP contribution is -2.30. The van der Waals surface area contributed by atoms with Gasteiger partial charge in [-0.2, -0.15) is 5.10 Å². The summed E-state index contributed by atoms with van der Waals surface area (Å²) in [5.74, 6) is 0.613. The monoisotopic (exact) mass is 410 g/mol. The summed E-state index contributed by atoms with van der Waals surface area (Å²) in [5.41, 5.74) is 0.746. The summed E-state index contributed by atoms with van der Waals surface area (Å²) in [5, 5.41) is 12.5. The standard InChI is InChI=1S/C18H30N6O3S/c1-5-26-10-8-20-16-14-11-21-24(9-7-19-15(25)12-27-6-2)17(14)23-18(22-16)28-13(3)4/h11,13H,5-10,12H2,1-4H3,(H,19,25)(H,20,22,23). The number of rotatable bonds is 13. The van der Waals surface area contributed by atoms with E-state index >= 15 is 0 Å². The van der Waals surface area contributed by atoms with Crippen molar-refractivity contribution in [3.8, 4) is 0 Å². The molecule has 0 unspecified atom stereocenters. The maximum atomic E-state index is 11.7. The van der Waals surface area contributed by atoms with Crippen LogP contribution in [0.2, 0.25) is 0 Å². The number of carbonyl (C=O) groups excluding carboxylic acids is 1. The van der Waals surface area contributed by atoms with E-state index in [2.05, 4.69) is 39.5 Å². The summed E-state index contributed by atoms with van der Waals surface area (Å²) in [4.78, 5) is 21.0. The third kappa shape index (κ3) is 6.92. The second-order valence-corrected chi connectivity index (χ2v) is 7.78. The maximum absolute atomic E-state index is 11.7. The summed E-state index contributed by atoms with van der Waals surface area (Å²) in [6, 6.07) is 0.